The molecule has 1 atom stereocenters. The van der Waals surface area contributed by atoms with Gasteiger partial charge in [0.05, 0.1) is 0 Å². The number of carbonyl (C=O) groups excluding carboxylic acids is 1. The Morgan fingerprint density at radius 2 is 1.85 bits per heavy atom. The number of likely N-dealkylation sites (tertiary alicyclic amines) is 1. The highest BCUT2D eigenvalue weighted by Gasteiger charge is 2.30. The zero-order chi connectivity index (χ0) is 19.1. The first-order chi connectivity index (χ1) is 13.2. The average Bonchev–Trinajstić information content (AvgIpc) is 3.36. The van der Waals surface area contributed by atoms with Gasteiger partial charge < -0.3 is 16.0 Å². The van der Waals surface area contributed by atoms with Crippen molar-refractivity contribution in [2.24, 2.45) is 4.99 Å². The van der Waals surface area contributed by atoms with Crippen LogP contribution in [-0.2, 0) is 0 Å². The van der Waals surface area contributed by atoms with Crippen molar-refractivity contribution in [3.8, 4) is 0 Å². The van der Waals surface area contributed by atoms with Crippen molar-refractivity contribution in [3.63, 3.8) is 0 Å². The van der Waals surface area contributed by atoms with Crippen LogP contribution in [0.4, 0.5) is 0 Å². The molecule has 148 valence electrons. The van der Waals surface area contributed by atoms with Gasteiger partial charge >= 0.3 is 0 Å². The molecule has 0 bridgehead atoms. The lowest BCUT2D eigenvalue weighted by Gasteiger charge is -2.24. The molecule has 1 unspecified atom stereocenters. The number of carbonyl (C=O) groups is 1. The second-order valence-corrected chi connectivity index (χ2v) is 8.24. The van der Waals surface area contributed by atoms with Gasteiger partial charge in [-0.2, -0.15) is 0 Å². The van der Waals surface area contributed by atoms with E-state index in [1.165, 1.54) is 32.2 Å². The van der Waals surface area contributed by atoms with Crippen molar-refractivity contribution in [1.29, 1.82) is 0 Å². The number of benzene rings is 1. The summed E-state index contributed by atoms with van der Waals surface area (Å²) in [5, 5.41) is 9.75. The van der Waals surface area contributed by atoms with Crippen LogP contribution in [0.25, 0.3) is 0 Å². The van der Waals surface area contributed by atoms with E-state index in [1.807, 2.05) is 24.3 Å². The Hall–Kier alpha value is -1.60. The van der Waals surface area contributed by atoms with Crippen LogP contribution in [0.1, 0.15) is 42.5 Å². The largest absolute Gasteiger partial charge is 0.355 e. The Balaban J connectivity index is 1.34. The number of hydrogen-bond acceptors (Lipinski definition) is 3. The monoisotopic (exact) mass is 435 g/mol. The minimum atomic E-state index is -0.0600. The van der Waals surface area contributed by atoms with Crippen molar-refractivity contribution >= 4 is 27.8 Å². The number of nitrogens with zero attached hydrogens (tertiary/aromatic N) is 2. The van der Waals surface area contributed by atoms with E-state index in [4.69, 9.17) is 0 Å². The summed E-state index contributed by atoms with van der Waals surface area (Å²) < 4.78 is 0.967. The third-order valence-electron chi connectivity index (χ3n) is 5.43. The Morgan fingerprint density at radius 1 is 1.15 bits per heavy atom. The lowest BCUT2D eigenvalue weighted by atomic mass is 10.2. The summed E-state index contributed by atoms with van der Waals surface area (Å²) in [6, 6.07) is 8.60. The fourth-order valence-corrected chi connectivity index (χ4v) is 4.22. The minimum absolute atomic E-state index is 0.0600. The van der Waals surface area contributed by atoms with E-state index < -0.39 is 0 Å². The molecule has 1 heterocycles. The number of halogens is 1. The Labute approximate surface area is 170 Å². The van der Waals surface area contributed by atoms with Crippen LogP contribution < -0.4 is 16.0 Å². The van der Waals surface area contributed by atoms with Crippen LogP contribution in [-0.4, -0.2) is 62.1 Å². The fourth-order valence-electron chi connectivity index (χ4n) is 3.95. The van der Waals surface area contributed by atoms with Crippen molar-refractivity contribution in [3.05, 3.63) is 34.3 Å². The Kier molecular flexibility index (Phi) is 7.52. The lowest BCUT2D eigenvalue weighted by molar-refractivity contribution is 0.0954. The standard InChI is InChI=1S/C20H30BrN5O/c1-22-20(25-17-10-13-26(14-17)18-4-2-3-5-18)24-12-11-23-19(27)15-6-8-16(21)9-7-15/h6-9,17-18H,2-5,10-14H2,1H3,(H,23,27)(H2,22,24,25). The summed E-state index contributed by atoms with van der Waals surface area (Å²) in [5.41, 5.74) is 0.665. The van der Waals surface area contributed by atoms with Crippen LogP contribution in [0, 0.1) is 0 Å². The molecule has 1 aromatic rings. The maximum Gasteiger partial charge on any atom is 0.251 e. The van der Waals surface area contributed by atoms with Gasteiger partial charge in [-0.1, -0.05) is 28.8 Å². The van der Waals surface area contributed by atoms with E-state index in [0.29, 0.717) is 24.7 Å². The molecular formula is C20H30BrN5O. The number of guanidine groups is 1. The maximum atomic E-state index is 12.1. The summed E-state index contributed by atoms with van der Waals surface area (Å²) >= 11 is 3.38. The molecule has 0 radical (unpaired) electrons. The van der Waals surface area contributed by atoms with Crippen molar-refractivity contribution < 1.29 is 4.79 Å². The first kappa shape index (κ1) is 20.1. The van der Waals surface area contributed by atoms with Crippen LogP contribution >= 0.6 is 15.9 Å². The van der Waals surface area contributed by atoms with E-state index in [1.54, 1.807) is 7.05 Å². The summed E-state index contributed by atoms with van der Waals surface area (Å²) in [6.45, 7) is 3.48. The summed E-state index contributed by atoms with van der Waals surface area (Å²) in [6.07, 6.45) is 6.65. The highest BCUT2D eigenvalue weighted by molar-refractivity contribution is 9.10. The van der Waals surface area contributed by atoms with Gasteiger partial charge in [0.2, 0.25) is 0 Å². The normalized spacial score (nSPS) is 21.4. The molecule has 3 N–H and O–H groups in total. The van der Waals surface area contributed by atoms with E-state index in [0.717, 1.165) is 29.4 Å². The van der Waals surface area contributed by atoms with E-state index in [-0.39, 0.29) is 5.91 Å². The Bertz CT molecular complexity index is 642. The van der Waals surface area contributed by atoms with Gasteiger partial charge in [-0.25, -0.2) is 0 Å². The van der Waals surface area contributed by atoms with Gasteiger partial charge in [-0.05, 0) is 43.5 Å². The molecule has 1 aliphatic carbocycles. The van der Waals surface area contributed by atoms with Crippen molar-refractivity contribution in [2.45, 2.75) is 44.2 Å². The molecule has 7 heteroatoms. The molecule has 2 aliphatic rings. The van der Waals surface area contributed by atoms with Crippen LogP contribution in [0.5, 0.6) is 0 Å². The third-order valence-corrected chi connectivity index (χ3v) is 5.96. The number of amides is 1. The molecule has 6 nitrogen and oxygen atoms in total. The zero-order valence-corrected chi connectivity index (χ0v) is 17.6. The predicted molar refractivity (Wildman–Crippen MR) is 113 cm³/mol. The summed E-state index contributed by atoms with van der Waals surface area (Å²) in [5.74, 6) is 0.751. The molecule has 1 saturated heterocycles. The van der Waals surface area contributed by atoms with Crippen LogP contribution in [0.15, 0.2) is 33.7 Å². The second kappa shape index (κ2) is 10.1. The quantitative estimate of drug-likeness (QED) is 0.364. The van der Waals surface area contributed by atoms with Gasteiger partial charge in [0.1, 0.15) is 0 Å². The number of aliphatic imine (C=N–C) groups is 1. The van der Waals surface area contributed by atoms with E-state index >= 15 is 0 Å². The molecule has 1 saturated carbocycles. The SMILES string of the molecule is CN=C(NCCNC(=O)c1ccc(Br)cc1)NC1CCN(C2CCCC2)C1. The number of rotatable bonds is 6. The molecule has 1 amide bonds. The topological polar surface area (TPSA) is 68.8 Å². The van der Waals surface area contributed by atoms with Crippen LogP contribution in [0.2, 0.25) is 0 Å². The zero-order valence-electron chi connectivity index (χ0n) is 16.0. The molecule has 2 fully saturated rings. The number of nitrogens with one attached hydrogen (secondary N) is 3. The highest BCUT2D eigenvalue weighted by Crippen LogP contribution is 2.26. The predicted octanol–water partition coefficient (Wildman–Crippen LogP) is 2.36. The molecule has 0 spiro atoms. The molecule has 3 rings (SSSR count). The average molecular weight is 436 g/mol. The summed E-state index contributed by atoms with van der Waals surface area (Å²) in [7, 11) is 1.79. The molecule has 27 heavy (non-hydrogen) atoms. The first-order valence-corrected chi connectivity index (χ1v) is 10.7. The van der Waals surface area contributed by atoms with E-state index in [9.17, 15) is 4.79 Å². The molecule has 1 aliphatic heterocycles. The smallest absolute Gasteiger partial charge is 0.251 e. The first-order valence-electron chi connectivity index (χ1n) is 9.90. The molecular weight excluding hydrogens is 406 g/mol. The van der Waals surface area contributed by atoms with Crippen molar-refractivity contribution in [2.75, 3.05) is 33.2 Å². The Morgan fingerprint density at radius 3 is 2.56 bits per heavy atom. The highest BCUT2D eigenvalue weighted by atomic mass is 79.9. The molecule has 1 aromatic carbocycles. The summed E-state index contributed by atoms with van der Waals surface area (Å²) in [4.78, 5) is 19.1. The lowest BCUT2D eigenvalue weighted by Crippen LogP contribution is -2.47. The van der Waals surface area contributed by atoms with Crippen LogP contribution in [0.3, 0.4) is 0 Å². The van der Waals surface area contributed by atoms with Gasteiger partial charge in [0.25, 0.3) is 5.91 Å². The molecule has 0 aromatic heterocycles. The maximum absolute atomic E-state index is 12.1. The van der Waals surface area contributed by atoms with Crippen molar-refractivity contribution in [1.82, 2.24) is 20.9 Å². The van der Waals surface area contributed by atoms with Gasteiger partial charge in [-0.15, -0.1) is 0 Å². The second-order valence-electron chi connectivity index (χ2n) is 7.32. The van der Waals surface area contributed by atoms with E-state index in [2.05, 4.69) is 41.8 Å². The van der Waals surface area contributed by atoms with Gasteiger partial charge in [0, 0.05) is 55.3 Å². The number of hydrogen-bond donors (Lipinski definition) is 3. The minimum Gasteiger partial charge on any atom is -0.355 e. The third kappa shape index (κ3) is 5.94. The van der Waals surface area contributed by atoms with Gasteiger partial charge in [0.15, 0.2) is 5.96 Å². The van der Waals surface area contributed by atoms with Gasteiger partial charge in [-0.3, -0.25) is 14.7 Å². The fraction of sp³-hybridized carbons (Fsp3) is 0.600.